The summed E-state index contributed by atoms with van der Waals surface area (Å²) in [6.07, 6.45) is 2.41. The second-order valence-electron chi connectivity index (χ2n) is 6.82. The van der Waals surface area contributed by atoms with E-state index in [1.54, 1.807) is 0 Å². The average Bonchev–Trinajstić information content (AvgIpc) is 3.19. The molecule has 2 rings (SSSR count). The van der Waals surface area contributed by atoms with Crippen molar-refractivity contribution in [2.24, 2.45) is 0 Å². The molecule has 1 aliphatic carbocycles. The van der Waals surface area contributed by atoms with Gasteiger partial charge in [0.25, 0.3) is 0 Å². The van der Waals surface area contributed by atoms with Crippen molar-refractivity contribution in [2.45, 2.75) is 58.0 Å². The summed E-state index contributed by atoms with van der Waals surface area (Å²) in [6.45, 7) is 9.07. The number of rotatable bonds is 5. The highest BCUT2D eigenvalue weighted by Gasteiger charge is 2.21. The van der Waals surface area contributed by atoms with Gasteiger partial charge in [-0.1, -0.05) is 45.0 Å². The van der Waals surface area contributed by atoms with Crippen molar-refractivity contribution in [1.29, 1.82) is 0 Å². The van der Waals surface area contributed by atoms with Crippen LogP contribution < -0.4 is 10.6 Å². The quantitative estimate of drug-likeness (QED) is 0.867. The fourth-order valence-corrected chi connectivity index (χ4v) is 2.17. The number of benzene rings is 1. The van der Waals surface area contributed by atoms with Crippen LogP contribution in [0.4, 0.5) is 0 Å². The fraction of sp³-hybridized carbons (Fsp3) is 0.588. The first-order chi connectivity index (χ1) is 9.36. The molecular weight excluding hydrogens is 248 g/mol. The molecule has 0 aromatic heterocycles. The van der Waals surface area contributed by atoms with Gasteiger partial charge in [0.05, 0.1) is 12.6 Å². The number of nitrogens with one attached hydrogen (secondary N) is 2. The lowest BCUT2D eigenvalue weighted by Crippen LogP contribution is -2.36. The summed E-state index contributed by atoms with van der Waals surface area (Å²) in [5, 5.41) is 6.27. The maximum Gasteiger partial charge on any atom is 0.234 e. The Morgan fingerprint density at radius 3 is 2.35 bits per heavy atom. The summed E-state index contributed by atoms with van der Waals surface area (Å²) in [5.41, 5.74) is 2.63. The predicted octanol–water partition coefficient (Wildman–Crippen LogP) is 2.91. The van der Waals surface area contributed by atoms with Gasteiger partial charge in [-0.25, -0.2) is 0 Å². The van der Waals surface area contributed by atoms with Gasteiger partial charge in [-0.15, -0.1) is 0 Å². The van der Waals surface area contributed by atoms with E-state index in [0.29, 0.717) is 12.6 Å². The maximum atomic E-state index is 11.8. The van der Waals surface area contributed by atoms with E-state index in [2.05, 4.69) is 55.7 Å². The average molecular weight is 274 g/mol. The molecule has 0 aliphatic heterocycles. The molecule has 0 spiro atoms. The molecule has 0 heterocycles. The Labute approximate surface area is 122 Å². The largest absolute Gasteiger partial charge is 0.348 e. The molecule has 0 radical (unpaired) electrons. The molecule has 1 fully saturated rings. The Bertz CT molecular complexity index is 455. The molecule has 1 aromatic carbocycles. The molecule has 1 atom stereocenters. The van der Waals surface area contributed by atoms with Gasteiger partial charge in [0.1, 0.15) is 0 Å². The van der Waals surface area contributed by atoms with Gasteiger partial charge in [-0.2, -0.15) is 0 Å². The second kappa shape index (κ2) is 5.96. The van der Waals surface area contributed by atoms with Crippen LogP contribution in [-0.2, 0) is 10.2 Å². The number of hydrogen-bond donors (Lipinski definition) is 2. The minimum absolute atomic E-state index is 0.0533. The molecule has 3 nitrogen and oxygen atoms in total. The zero-order valence-electron chi connectivity index (χ0n) is 13.0. The van der Waals surface area contributed by atoms with Crippen molar-refractivity contribution >= 4 is 5.91 Å². The summed E-state index contributed by atoms with van der Waals surface area (Å²) < 4.78 is 0. The Hall–Kier alpha value is -1.35. The van der Waals surface area contributed by atoms with E-state index in [4.69, 9.17) is 0 Å². The second-order valence-corrected chi connectivity index (χ2v) is 6.82. The van der Waals surface area contributed by atoms with Crippen LogP contribution in [0.2, 0.25) is 0 Å². The van der Waals surface area contributed by atoms with Gasteiger partial charge in [0.15, 0.2) is 0 Å². The molecule has 3 heteroatoms. The Morgan fingerprint density at radius 1 is 1.25 bits per heavy atom. The van der Waals surface area contributed by atoms with Gasteiger partial charge in [0, 0.05) is 6.04 Å². The first kappa shape index (κ1) is 15.0. The Kier molecular flexibility index (Phi) is 4.48. The Morgan fingerprint density at radius 2 is 1.85 bits per heavy atom. The van der Waals surface area contributed by atoms with Crippen LogP contribution in [0.1, 0.15) is 57.7 Å². The summed E-state index contributed by atoms with van der Waals surface area (Å²) in [7, 11) is 0. The van der Waals surface area contributed by atoms with Gasteiger partial charge in [-0.3, -0.25) is 4.79 Å². The minimum Gasteiger partial charge on any atom is -0.348 e. The van der Waals surface area contributed by atoms with Crippen LogP contribution in [0.5, 0.6) is 0 Å². The summed E-state index contributed by atoms with van der Waals surface area (Å²) in [4.78, 5) is 11.8. The zero-order valence-corrected chi connectivity index (χ0v) is 13.0. The van der Waals surface area contributed by atoms with Gasteiger partial charge in [0.2, 0.25) is 5.91 Å². The first-order valence-corrected chi connectivity index (χ1v) is 7.49. The molecular formula is C17H26N2O. The van der Waals surface area contributed by atoms with Crippen LogP contribution in [-0.4, -0.2) is 18.5 Å². The molecule has 20 heavy (non-hydrogen) atoms. The number of amides is 1. The lowest BCUT2D eigenvalue weighted by molar-refractivity contribution is -0.120. The molecule has 110 valence electrons. The standard InChI is InChI=1S/C17H26N2O/c1-12(19-16(20)11-18-15-9-10-15)13-5-7-14(8-6-13)17(2,3)4/h5-8,12,15,18H,9-11H2,1-4H3,(H,19,20). The fourth-order valence-electron chi connectivity index (χ4n) is 2.17. The highest BCUT2D eigenvalue weighted by Crippen LogP contribution is 2.24. The molecule has 2 N–H and O–H groups in total. The number of carbonyl (C=O) groups excluding carboxylic acids is 1. The first-order valence-electron chi connectivity index (χ1n) is 7.49. The van der Waals surface area contributed by atoms with Crippen molar-refractivity contribution in [2.75, 3.05) is 6.54 Å². The van der Waals surface area contributed by atoms with Crippen molar-refractivity contribution in [3.8, 4) is 0 Å². The van der Waals surface area contributed by atoms with Gasteiger partial charge < -0.3 is 10.6 Å². The van der Waals surface area contributed by atoms with Crippen molar-refractivity contribution < 1.29 is 4.79 Å². The van der Waals surface area contributed by atoms with Crippen LogP contribution in [0.15, 0.2) is 24.3 Å². The van der Waals surface area contributed by atoms with Gasteiger partial charge in [-0.05, 0) is 36.3 Å². The number of hydrogen-bond acceptors (Lipinski definition) is 2. The molecule has 0 bridgehead atoms. The van der Waals surface area contributed by atoms with Gasteiger partial charge >= 0.3 is 0 Å². The lowest BCUT2D eigenvalue weighted by Gasteiger charge is -2.20. The van der Waals surface area contributed by atoms with Crippen LogP contribution in [0.25, 0.3) is 0 Å². The molecule has 1 saturated carbocycles. The van der Waals surface area contributed by atoms with Crippen LogP contribution in [0.3, 0.4) is 0 Å². The van der Waals surface area contributed by atoms with E-state index < -0.39 is 0 Å². The number of carbonyl (C=O) groups is 1. The predicted molar refractivity (Wildman–Crippen MR) is 82.7 cm³/mol. The summed E-state index contributed by atoms with van der Waals surface area (Å²) in [6, 6.07) is 9.15. The van der Waals surface area contributed by atoms with E-state index in [-0.39, 0.29) is 17.4 Å². The molecule has 1 aliphatic rings. The van der Waals surface area contributed by atoms with E-state index in [9.17, 15) is 4.79 Å². The van der Waals surface area contributed by atoms with Crippen molar-refractivity contribution in [3.63, 3.8) is 0 Å². The lowest BCUT2D eigenvalue weighted by atomic mass is 9.86. The highest BCUT2D eigenvalue weighted by atomic mass is 16.1. The molecule has 1 unspecified atom stereocenters. The van der Waals surface area contributed by atoms with Crippen LogP contribution in [0, 0.1) is 0 Å². The smallest absolute Gasteiger partial charge is 0.234 e. The molecule has 1 aromatic rings. The third kappa shape index (κ3) is 4.34. The van der Waals surface area contributed by atoms with Crippen molar-refractivity contribution in [3.05, 3.63) is 35.4 Å². The van der Waals surface area contributed by atoms with E-state index in [1.807, 2.05) is 6.92 Å². The third-order valence-corrected chi connectivity index (χ3v) is 3.78. The SMILES string of the molecule is CC(NC(=O)CNC1CC1)c1ccc(C(C)(C)C)cc1. The third-order valence-electron chi connectivity index (χ3n) is 3.78. The van der Waals surface area contributed by atoms with E-state index in [0.717, 1.165) is 5.56 Å². The molecule has 1 amide bonds. The topological polar surface area (TPSA) is 41.1 Å². The monoisotopic (exact) mass is 274 g/mol. The summed E-state index contributed by atoms with van der Waals surface area (Å²) in [5.74, 6) is 0.0734. The zero-order chi connectivity index (χ0) is 14.8. The Balaban J connectivity index is 1.87. The highest BCUT2D eigenvalue weighted by molar-refractivity contribution is 5.78. The van der Waals surface area contributed by atoms with Crippen molar-refractivity contribution in [1.82, 2.24) is 10.6 Å². The van der Waals surface area contributed by atoms with E-state index in [1.165, 1.54) is 18.4 Å². The summed E-state index contributed by atoms with van der Waals surface area (Å²) >= 11 is 0. The normalized spacial score (nSPS) is 16.8. The van der Waals surface area contributed by atoms with E-state index >= 15 is 0 Å². The molecule has 0 saturated heterocycles. The van der Waals surface area contributed by atoms with Crippen LogP contribution >= 0.6 is 0 Å². The maximum absolute atomic E-state index is 11.8. The minimum atomic E-state index is 0.0533.